The summed E-state index contributed by atoms with van der Waals surface area (Å²) >= 11 is 17.9. The Hall–Kier alpha value is -1.67. The molecule has 2 aromatic rings. The number of hydrogen-bond acceptors (Lipinski definition) is 4. The van der Waals surface area contributed by atoms with Gasteiger partial charge in [0, 0.05) is 18.0 Å². The Bertz CT molecular complexity index is 937. The standard InChI is InChI=1S/C19H21Cl3N2O4S/c1-29(26,27)24(17-5-2-4-16(21)19(17)22)12-3-6-18(25)23-11-13-28-15-9-7-14(20)8-10-15/h2,4-5,7-10H,3,6,11-13H2,1H3,(H,23,25). The normalized spacial score (nSPS) is 11.2. The summed E-state index contributed by atoms with van der Waals surface area (Å²) in [5, 5.41) is 3.77. The van der Waals surface area contributed by atoms with Gasteiger partial charge < -0.3 is 10.1 Å². The number of anilines is 1. The molecule has 0 heterocycles. The zero-order valence-corrected chi connectivity index (χ0v) is 18.8. The maximum absolute atomic E-state index is 12.1. The van der Waals surface area contributed by atoms with Gasteiger partial charge in [0.1, 0.15) is 12.4 Å². The van der Waals surface area contributed by atoms with Crippen molar-refractivity contribution in [3.05, 3.63) is 57.5 Å². The molecule has 1 N–H and O–H groups in total. The van der Waals surface area contributed by atoms with Crippen LogP contribution in [0.25, 0.3) is 0 Å². The van der Waals surface area contributed by atoms with Crippen LogP contribution in [0.15, 0.2) is 42.5 Å². The lowest BCUT2D eigenvalue weighted by atomic mass is 10.2. The van der Waals surface area contributed by atoms with Crippen molar-refractivity contribution in [1.29, 1.82) is 0 Å². The first-order chi connectivity index (χ1) is 13.7. The molecule has 158 valence electrons. The predicted molar refractivity (Wildman–Crippen MR) is 118 cm³/mol. The predicted octanol–water partition coefficient (Wildman–Crippen LogP) is 4.39. The molecule has 6 nitrogen and oxygen atoms in total. The third kappa shape index (κ3) is 7.59. The second-order valence-corrected chi connectivity index (χ2v) is 9.29. The lowest BCUT2D eigenvalue weighted by Gasteiger charge is -2.23. The Balaban J connectivity index is 1.79. The summed E-state index contributed by atoms with van der Waals surface area (Å²) in [7, 11) is -3.58. The Labute approximate surface area is 185 Å². The van der Waals surface area contributed by atoms with Gasteiger partial charge in [0.15, 0.2) is 0 Å². The second-order valence-electron chi connectivity index (χ2n) is 6.16. The largest absolute Gasteiger partial charge is 0.492 e. The first-order valence-electron chi connectivity index (χ1n) is 8.75. The highest BCUT2D eigenvalue weighted by Crippen LogP contribution is 2.33. The minimum atomic E-state index is -3.58. The highest BCUT2D eigenvalue weighted by Gasteiger charge is 2.21. The highest BCUT2D eigenvalue weighted by atomic mass is 35.5. The van der Waals surface area contributed by atoms with E-state index in [9.17, 15) is 13.2 Å². The van der Waals surface area contributed by atoms with Crippen LogP contribution in [0, 0.1) is 0 Å². The second kappa shape index (κ2) is 10.9. The molecule has 0 radical (unpaired) electrons. The molecule has 0 saturated heterocycles. The molecule has 0 aromatic heterocycles. The molecule has 0 unspecified atom stereocenters. The molecule has 1 amide bonds. The Morgan fingerprint density at radius 3 is 2.45 bits per heavy atom. The number of carbonyl (C=O) groups is 1. The molecule has 29 heavy (non-hydrogen) atoms. The summed E-state index contributed by atoms with van der Waals surface area (Å²) in [5.74, 6) is 0.459. The van der Waals surface area contributed by atoms with Crippen molar-refractivity contribution in [2.24, 2.45) is 0 Å². The van der Waals surface area contributed by atoms with Crippen LogP contribution in [0.4, 0.5) is 5.69 Å². The molecule has 0 atom stereocenters. The van der Waals surface area contributed by atoms with Gasteiger partial charge in [-0.2, -0.15) is 0 Å². The number of sulfonamides is 1. The molecule has 2 aromatic carbocycles. The lowest BCUT2D eigenvalue weighted by molar-refractivity contribution is -0.121. The summed E-state index contributed by atoms with van der Waals surface area (Å²) in [6.07, 6.45) is 1.56. The van der Waals surface area contributed by atoms with E-state index in [1.807, 2.05) is 0 Å². The van der Waals surface area contributed by atoms with Gasteiger partial charge in [0.2, 0.25) is 15.9 Å². The zero-order valence-electron chi connectivity index (χ0n) is 15.7. The van der Waals surface area contributed by atoms with Crippen LogP contribution in [0.2, 0.25) is 15.1 Å². The number of carbonyl (C=O) groups excluding carboxylic acids is 1. The number of amides is 1. The van der Waals surface area contributed by atoms with Gasteiger partial charge in [-0.1, -0.05) is 40.9 Å². The number of nitrogens with zero attached hydrogens (tertiary/aromatic N) is 1. The molecule has 0 aliphatic rings. The van der Waals surface area contributed by atoms with Crippen molar-refractivity contribution >= 4 is 56.4 Å². The smallest absolute Gasteiger partial charge is 0.232 e. The summed E-state index contributed by atoms with van der Waals surface area (Å²) in [5.41, 5.74) is 0.290. The minimum absolute atomic E-state index is 0.105. The quantitative estimate of drug-likeness (QED) is 0.513. The topological polar surface area (TPSA) is 75.7 Å². The van der Waals surface area contributed by atoms with Crippen LogP contribution in [-0.4, -0.2) is 40.3 Å². The molecule has 0 saturated carbocycles. The van der Waals surface area contributed by atoms with Gasteiger partial charge in [0.25, 0.3) is 0 Å². The van der Waals surface area contributed by atoms with Gasteiger partial charge >= 0.3 is 0 Å². The number of rotatable bonds is 10. The molecule has 2 rings (SSSR count). The van der Waals surface area contributed by atoms with Crippen LogP contribution < -0.4 is 14.4 Å². The molecule has 0 aliphatic carbocycles. The average Bonchev–Trinajstić information content (AvgIpc) is 2.65. The van der Waals surface area contributed by atoms with Gasteiger partial charge in [-0.3, -0.25) is 9.10 Å². The Morgan fingerprint density at radius 1 is 1.10 bits per heavy atom. The first kappa shape index (κ1) is 23.6. The van der Waals surface area contributed by atoms with E-state index < -0.39 is 10.0 Å². The summed E-state index contributed by atoms with van der Waals surface area (Å²) < 4.78 is 30.9. The maximum Gasteiger partial charge on any atom is 0.232 e. The van der Waals surface area contributed by atoms with Crippen LogP contribution >= 0.6 is 34.8 Å². The molecular formula is C19H21Cl3N2O4S. The van der Waals surface area contributed by atoms with Gasteiger partial charge in [0.05, 0.1) is 28.5 Å². The molecule has 0 spiro atoms. The molecule has 0 aliphatic heterocycles. The highest BCUT2D eigenvalue weighted by molar-refractivity contribution is 7.92. The van der Waals surface area contributed by atoms with Crippen molar-refractivity contribution in [1.82, 2.24) is 5.32 Å². The molecular weight excluding hydrogens is 459 g/mol. The number of hydrogen-bond donors (Lipinski definition) is 1. The van der Waals surface area contributed by atoms with E-state index in [4.69, 9.17) is 39.5 Å². The van der Waals surface area contributed by atoms with E-state index in [0.29, 0.717) is 36.0 Å². The van der Waals surface area contributed by atoms with Crippen molar-refractivity contribution in [3.8, 4) is 5.75 Å². The van der Waals surface area contributed by atoms with E-state index in [1.165, 1.54) is 0 Å². The van der Waals surface area contributed by atoms with Crippen molar-refractivity contribution in [2.45, 2.75) is 12.8 Å². The van der Waals surface area contributed by atoms with Crippen LogP contribution in [0.3, 0.4) is 0 Å². The summed E-state index contributed by atoms with van der Waals surface area (Å²) in [6.45, 7) is 0.742. The van der Waals surface area contributed by atoms with E-state index in [2.05, 4.69) is 5.32 Å². The van der Waals surface area contributed by atoms with Crippen molar-refractivity contribution in [2.75, 3.05) is 30.3 Å². The Morgan fingerprint density at radius 2 is 1.79 bits per heavy atom. The number of halogens is 3. The zero-order chi connectivity index (χ0) is 21.4. The monoisotopic (exact) mass is 478 g/mol. The number of ether oxygens (including phenoxy) is 1. The van der Waals surface area contributed by atoms with E-state index in [0.717, 1.165) is 10.6 Å². The third-order valence-corrected chi connectivity index (χ3v) is 6.11. The molecule has 10 heteroatoms. The van der Waals surface area contributed by atoms with Crippen molar-refractivity contribution in [3.63, 3.8) is 0 Å². The molecule has 0 fully saturated rings. The van der Waals surface area contributed by atoms with E-state index in [-0.39, 0.29) is 28.9 Å². The summed E-state index contributed by atoms with van der Waals surface area (Å²) in [4.78, 5) is 12.0. The van der Waals surface area contributed by atoms with Crippen LogP contribution in [0.1, 0.15) is 12.8 Å². The number of nitrogens with one attached hydrogen (secondary N) is 1. The first-order valence-corrected chi connectivity index (χ1v) is 11.7. The van der Waals surface area contributed by atoms with Crippen LogP contribution in [0.5, 0.6) is 5.75 Å². The SMILES string of the molecule is CS(=O)(=O)N(CCCC(=O)NCCOc1ccc(Cl)cc1)c1cccc(Cl)c1Cl. The third-order valence-electron chi connectivity index (χ3n) is 3.87. The number of benzene rings is 2. The average molecular weight is 480 g/mol. The fraction of sp³-hybridized carbons (Fsp3) is 0.316. The van der Waals surface area contributed by atoms with Gasteiger partial charge in [-0.25, -0.2) is 8.42 Å². The Kier molecular flexibility index (Phi) is 8.89. The fourth-order valence-electron chi connectivity index (χ4n) is 2.51. The van der Waals surface area contributed by atoms with Crippen molar-refractivity contribution < 1.29 is 17.9 Å². The molecule has 0 bridgehead atoms. The van der Waals surface area contributed by atoms with Gasteiger partial charge in [-0.05, 0) is 42.8 Å². The van der Waals surface area contributed by atoms with E-state index in [1.54, 1.807) is 42.5 Å². The van der Waals surface area contributed by atoms with Crippen LogP contribution in [-0.2, 0) is 14.8 Å². The lowest BCUT2D eigenvalue weighted by Crippen LogP contribution is -2.33. The van der Waals surface area contributed by atoms with Gasteiger partial charge in [-0.15, -0.1) is 0 Å². The summed E-state index contributed by atoms with van der Waals surface area (Å²) in [6, 6.07) is 11.7. The maximum atomic E-state index is 12.1. The minimum Gasteiger partial charge on any atom is -0.492 e. The fourth-order valence-corrected chi connectivity index (χ4v) is 4.06. The van der Waals surface area contributed by atoms with E-state index >= 15 is 0 Å².